The van der Waals surface area contributed by atoms with E-state index in [-0.39, 0.29) is 5.54 Å². The molecule has 2 heterocycles. The SMILES string of the molecule is CCNC(=NCc1ccccc1OCCN1CCOCC1)NCC(C)(C)N1CCOCC1. The van der Waals surface area contributed by atoms with Crippen molar-refractivity contribution in [3.63, 3.8) is 0 Å². The Morgan fingerprint density at radius 1 is 1.03 bits per heavy atom. The van der Waals surface area contributed by atoms with Gasteiger partial charge in [-0.3, -0.25) is 9.80 Å². The van der Waals surface area contributed by atoms with Gasteiger partial charge in [-0.2, -0.15) is 0 Å². The van der Waals surface area contributed by atoms with Crippen LogP contribution >= 0.6 is 0 Å². The maximum absolute atomic E-state index is 6.11. The average molecular weight is 448 g/mol. The highest BCUT2D eigenvalue weighted by Gasteiger charge is 2.28. The molecule has 0 aliphatic carbocycles. The fourth-order valence-electron chi connectivity index (χ4n) is 3.97. The first-order valence-corrected chi connectivity index (χ1v) is 11.9. The number of para-hydroxylation sites is 1. The molecule has 2 aliphatic rings. The van der Waals surface area contributed by atoms with Crippen LogP contribution in [-0.2, 0) is 16.0 Å². The lowest BCUT2D eigenvalue weighted by atomic mass is 10.0. The number of aliphatic imine (C=N–C) groups is 1. The highest BCUT2D eigenvalue weighted by atomic mass is 16.5. The monoisotopic (exact) mass is 447 g/mol. The Morgan fingerprint density at radius 3 is 2.44 bits per heavy atom. The van der Waals surface area contributed by atoms with Crippen molar-refractivity contribution in [2.45, 2.75) is 32.9 Å². The molecule has 180 valence electrons. The predicted octanol–water partition coefficient (Wildman–Crippen LogP) is 1.56. The Kier molecular flexibility index (Phi) is 10.1. The highest BCUT2D eigenvalue weighted by Crippen LogP contribution is 2.19. The van der Waals surface area contributed by atoms with Gasteiger partial charge in [-0.15, -0.1) is 0 Å². The third kappa shape index (κ3) is 7.92. The molecule has 2 saturated heterocycles. The van der Waals surface area contributed by atoms with Crippen molar-refractivity contribution in [2.75, 3.05) is 78.8 Å². The molecule has 8 heteroatoms. The average Bonchev–Trinajstić information content (AvgIpc) is 2.83. The largest absolute Gasteiger partial charge is 0.492 e. The number of benzene rings is 1. The van der Waals surface area contributed by atoms with Gasteiger partial charge >= 0.3 is 0 Å². The van der Waals surface area contributed by atoms with Crippen molar-refractivity contribution in [2.24, 2.45) is 4.99 Å². The summed E-state index contributed by atoms with van der Waals surface area (Å²) in [5, 5.41) is 6.90. The molecule has 1 aromatic carbocycles. The highest BCUT2D eigenvalue weighted by molar-refractivity contribution is 5.79. The van der Waals surface area contributed by atoms with Crippen LogP contribution in [0.15, 0.2) is 29.3 Å². The summed E-state index contributed by atoms with van der Waals surface area (Å²) in [7, 11) is 0. The molecule has 0 atom stereocenters. The molecule has 0 aromatic heterocycles. The molecule has 0 spiro atoms. The molecule has 32 heavy (non-hydrogen) atoms. The van der Waals surface area contributed by atoms with Crippen LogP contribution in [-0.4, -0.2) is 100 Å². The van der Waals surface area contributed by atoms with Crippen LogP contribution in [0.2, 0.25) is 0 Å². The maximum atomic E-state index is 6.11. The van der Waals surface area contributed by atoms with E-state index < -0.39 is 0 Å². The van der Waals surface area contributed by atoms with Gasteiger partial charge in [-0.25, -0.2) is 4.99 Å². The van der Waals surface area contributed by atoms with E-state index in [2.05, 4.69) is 47.3 Å². The van der Waals surface area contributed by atoms with E-state index in [0.717, 1.165) is 89.5 Å². The van der Waals surface area contributed by atoms with E-state index in [0.29, 0.717) is 13.2 Å². The van der Waals surface area contributed by atoms with Crippen LogP contribution in [0.1, 0.15) is 26.3 Å². The minimum Gasteiger partial charge on any atom is -0.492 e. The third-order valence-corrected chi connectivity index (χ3v) is 6.05. The summed E-state index contributed by atoms with van der Waals surface area (Å²) in [6.45, 7) is 17.6. The minimum atomic E-state index is 0.0283. The Morgan fingerprint density at radius 2 is 1.72 bits per heavy atom. The number of nitrogens with zero attached hydrogens (tertiary/aromatic N) is 3. The van der Waals surface area contributed by atoms with Crippen LogP contribution < -0.4 is 15.4 Å². The summed E-state index contributed by atoms with van der Waals surface area (Å²) in [6, 6.07) is 8.19. The first-order chi connectivity index (χ1) is 15.6. The van der Waals surface area contributed by atoms with Gasteiger partial charge in [-0.1, -0.05) is 18.2 Å². The number of rotatable bonds is 10. The van der Waals surface area contributed by atoms with Crippen LogP contribution in [0.5, 0.6) is 5.75 Å². The fraction of sp³-hybridized carbons (Fsp3) is 0.708. The zero-order valence-corrected chi connectivity index (χ0v) is 20.1. The number of hydrogen-bond acceptors (Lipinski definition) is 6. The Bertz CT molecular complexity index is 701. The number of morpholine rings is 2. The van der Waals surface area contributed by atoms with E-state index in [1.54, 1.807) is 0 Å². The third-order valence-electron chi connectivity index (χ3n) is 6.05. The number of guanidine groups is 1. The zero-order valence-electron chi connectivity index (χ0n) is 20.1. The summed E-state index contributed by atoms with van der Waals surface area (Å²) >= 11 is 0. The van der Waals surface area contributed by atoms with E-state index in [1.165, 1.54) is 0 Å². The lowest BCUT2D eigenvalue weighted by Crippen LogP contribution is -2.56. The first kappa shape index (κ1) is 24.8. The minimum absolute atomic E-state index is 0.0283. The Labute approximate surface area is 193 Å². The molecular weight excluding hydrogens is 406 g/mol. The van der Waals surface area contributed by atoms with Crippen molar-refractivity contribution in [3.8, 4) is 5.75 Å². The number of nitrogens with one attached hydrogen (secondary N) is 2. The number of hydrogen-bond donors (Lipinski definition) is 2. The molecule has 2 N–H and O–H groups in total. The van der Waals surface area contributed by atoms with Crippen molar-refractivity contribution in [3.05, 3.63) is 29.8 Å². The van der Waals surface area contributed by atoms with Gasteiger partial charge in [0.1, 0.15) is 12.4 Å². The number of ether oxygens (including phenoxy) is 3. The van der Waals surface area contributed by atoms with E-state index in [9.17, 15) is 0 Å². The second-order valence-electron chi connectivity index (χ2n) is 8.87. The van der Waals surface area contributed by atoms with Crippen molar-refractivity contribution in [1.29, 1.82) is 0 Å². The van der Waals surface area contributed by atoms with E-state index >= 15 is 0 Å². The van der Waals surface area contributed by atoms with Crippen LogP contribution in [0.25, 0.3) is 0 Å². The quantitative estimate of drug-likeness (QED) is 0.417. The fourth-order valence-corrected chi connectivity index (χ4v) is 3.97. The second kappa shape index (κ2) is 13.0. The maximum Gasteiger partial charge on any atom is 0.191 e. The molecule has 3 rings (SSSR count). The predicted molar refractivity (Wildman–Crippen MR) is 128 cm³/mol. The summed E-state index contributed by atoms with van der Waals surface area (Å²) in [5.41, 5.74) is 1.12. The zero-order chi connectivity index (χ0) is 22.7. The van der Waals surface area contributed by atoms with Gasteiger partial charge in [0, 0.05) is 56.9 Å². The van der Waals surface area contributed by atoms with Gasteiger partial charge in [0.15, 0.2) is 5.96 Å². The van der Waals surface area contributed by atoms with Gasteiger partial charge < -0.3 is 24.8 Å². The van der Waals surface area contributed by atoms with E-state index in [4.69, 9.17) is 19.2 Å². The van der Waals surface area contributed by atoms with Crippen molar-refractivity contribution < 1.29 is 14.2 Å². The topological polar surface area (TPSA) is 70.6 Å². The lowest BCUT2D eigenvalue weighted by Gasteiger charge is -2.41. The summed E-state index contributed by atoms with van der Waals surface area (Å²) in [6.07, 6.45) is 0. The molecule has 8 nitrogen and oxygen atoms in total. The van der Waals surface area contributed by atoms with Crippen molar-refractivity contribution in [1.82, 2.24) is 20.4 Å². The normalized spacial score (nSPS) is 19.0. The standard InChI is InChI=1S/C24H41N5O3/c1-4-25-23(27-20-24(2,3)29-12-16-31-17-13-29)26-19-21-7-5-6-8-22(21)32-18-11-28-9-14-30-15-10-28/h5-8H,4,9-20H2,1-3H3,(H2,25,26,27). The molecule has 2 aliphatic heterocycles. The van der Waals surface area contributed by atoms with Crippen LogP contribution in [0, 0.1) is 0 Å². The lowest BCUT2D eigenvalue weighted by molar-refractivity contribution is -0.00834. The Hall–Kier alpha value is -1.87. The second-order valence-corrected chi connectivity index (χ2v) is 8.87. The van der Waals surface area contributed by atoms with Crippen LogP contribution in [0.4, 0.5) is 0 Å². The molecule has 0 radical (unpaired) electrons. The van der Waals surface area contributed by atoms with Gasteiger partial charge in [-0.05, 0) is 26.8 Å². The summed E-state index contributed by atoms with van der Waals surface area (Å²) < 4.78 is 17.0. The molecule has 0 saturated carbocycles. The Balaban J connectivity index is 1.53. The summed E-state index contributed by atoms with van der Waals surface area (Å²) in [5.74, 6) is 1.74. The molecule has 2 fully saturated rings. The van der Waals surface area contributed by atoms with Crippen molar-refractivity contribution >= 4 is 5.96 Å². The molecular formula is C24H41N5O3. The van der Waals surface area contributed by atoms with Gasteiger partial charge in [0.05, 0.1) is 33.0 Å². The smallest absolute Gasteiger partial charge is 0.191 e. The molecule has 0 unspecified atom stereocenters. The molecule has 0 amide bonds. The van der Waals surface area contributed by atoms with E-state index in [1.807, 2.05) is 18.2 Å². The van der Waals surface area contributed by atoms with Crippen LogP contribution in [0.3, 0.4) is 0 Å². The molecule has 1 aromatic rings. The summed E-state index contributed by atoms with van der Waals surface area (Å²) in [4.78, 5) is 9.69. The first-order valence-electron chi connectivity index (χ1n) is 11.9. The van der Waals surface area contributed by atoms with Gasteiger partial charge in [0.2, 0.25) is 0 Å². The van der Waals surface area contributed by atoms with Gasteiger partial charge in [0.25, 0.3) is 0 Å². The molecule has 0 bridgehead atoms.